The molecule has 4 atom stereocenters. The van der Waals surface area contributed by atoms with Crippen molar-refractivity contribution in [3.05, 3.63) is 109 Å². The first-order chi connectivity index (χ1) is 24.9. The molecule has 0 aliphatic heterocycles. The molecule has 0 bridgehead atoms. The molecule has 53 heavy (non-hydrogen) atoms. The number of rotatable bonds is 16. The highest BCUT2D eigenvalue weighted by Gasteiger charge is 2.43. The van der Waals surface area contributed by atoms with Crippen LogP contribution in [-0.4, -0.2) is 76.0 Å². The highest BCUT2D eigenvalue weighted by Crippen LogP contribution is 2.32. The number of benzene rings is 2. The summed E-state index contributed by atoms with van der Waals surface area (Å²) in [5.74, 6) is -1.81. The molecule has 0 unspecified atom stereocenters. The number of nitro benzene ring substituents is 2. The zero-order chi connectivity index (χ0) is 39.0. The molecule has 3 amide bonds. The third kappa shape index (κ3) is 10.6. The van der Waals surface area contributed by atoms with E-state index in [4.69, 9.17) is 10.5 Å². The molecular formula is C35H42N8O9S. The second-order valence-electron chi connectivity index (χ2n) is 13.7. The van der Waals surface area contributed by atoms with Crippen LogP contribution in [0.15, 0.2) is 72.6 Å². The summed E-state index contributed by atoms with van der Waals surface area (Å²) in [6, 6.07) is 8.16. The van der Waals surface area contributed by atoms with E-state index in [0.29, 0.717) is 5.56 Å². The molecule has 17 nitrogen and oxygen atoms in total. The third-order valence-electron chi connectivity index (χ3n) is 8.01. The van der Waals surface area contributed by atoms with E-state index >= 15 is 0 Å². The van der Waals surface area contributed by atoms with E-state index in [9.17, 15) is 39.7 Å². The Hall–Kier alpha value is -5.75. The highest BCUT2D eigenvalue weighted by atomic mass is 32.1. The van der Waals surface area contributed by atoms with Crippen molar-refractivity contribution in [1.82, 2.24) is 24.8 Å². The van der Waals surface area contributed by atoms with Crippen LogP contribution in [0.1, 0.15) is 63.4 Å². The summed E-state index contributed by atoms with van der Waals surface area (Å²) in [6.07, 6.45) is 1.71. The van der Waals surface area contributed by atoms with Crippen LogP contribution in [-0.2, 0) is 27.2 Å². The van der Waals surface area contributed by atoms with Gasteiger partial charge < -0.3 is 25.8 Å². The Labute approximate surface area is 309 Å². The number of hydrogen-bond acceptors (Lipinski definition) is 12. The van der Waals surface area contributed by atoms with Crippen molar-refractivity contribution in [3.63, 3.8) is 0 Å². The van der Waals surface area contributed by atoms with E-state index in [-0.39, 0.29) is 41.6 Å². The molecule has 0 aliphatic carbocycles. The number of nitrogens with zero attached hydrogens (tertiary/aromatic N) is 6. The zero-order valence-corrected chi connectivity index (χ0v) is 30.6. The van der Waals surface area contributed by atoms with Gasteiger partial charge in [-0.05, 0) is 44.7 Å². The fraction of sp³-hybridized carbons (Fsp3) is 0.400. The topological polar surface area (TPSA) is 239 Å². The smallest absolute Gasteiger partial charge is 0.408 e. The summed E-state index contributed by atoms with van der Waals surface area (Å²) in [4.78, 5) is 73.0. The SMILES string of the molecule is CC(C)C[C@@H]([C@@H](O)c1nccs1)N(C(=O)[C@H](Cc1ccccc1)NC(=O)OC(C)(C)C)[C@@H](Cc1cn(-c2ccc([N+](=O)[O-])cc2[N+](=O)[O-])cn1)C(N)=O. The van der Waals surface area contributed by atoms with Gasteiger partial charge in [-0.15, -0.1) is 11.3 Å². The number of aromatic nitrogens is 3. The number of thiazole rings is 1. The average molecular weight is 751 g/mol. The number of nitro groups is 2. The van der Waals surface area contributed by atoms with E-state index in [1.165, 1.54) is 34.3 Å². The number of carbonyl (C=O) groups is 3. The van der Waals surface area contributed by atoms with Crippen molar-refractivity contribution in [1.29, 1.82) is 0 Å². The molecule has 2 aromatic carbocycles. The molecule has 2 aromatic heterocycles. The minimum atomic E-state index is -1.46. The van der Waals surface area contributed by atoms with Crippen LogP contribution in [0.3, 0.4) is 0 Å². The van der Waals surface area contributed by atoms with Gasteiger partial charge in [0.2, 0.25) is 11.8 Å². The molecule has 2 heterocycles. The number of nitrogens with two attached hydrogens (primary N) is 1. The number of ether oxygens (including phenoxy) is 1. The Morgan fingerprint density at radius 2 is 1.75 bits per heavy atom. The molecule has 0 spiro atoms. The van der Waals surface area contributed by atoms with Crippen molar-refractivity contribution >= 4 is 40.6 Å². The van der Waals surface area contributed by atoms with Gasteiger partial charge in [0.15, 0.2) is 0 Å². The van der Waals surface area contributed by atoms with Gasteiger partial charge in [-0.1, -0.05) is 44.2 Å². The first-order valence-corrected chi connectivity index (χ1v) is 17.5. The second kappa shape index (κ2) is 17.2. The van der Waals surface area contributed by atoms with Crippen LogP contribution in [0.4, 0.5) is 16.2 Å². The van der Waals surface area contributed by atoms with E-state index in [0.717, 1.165) is 23.5 Å². The zero-order valence-electron chi connectivity index (χ0n) is 29.8. The van der Waals surface area contributed by atoms with E-state index in [1.807, 2.05) is 13.8 Å². The van der Waals surface area contributed by atoms with Crippen LogP contribution in [0.5, 0.6) is 0 Å². The third-order valence-corrected chi connectivity index (χ3v) is 8.86. The van der Waals surface area contributed by atoms with Crippen molar-refractivity contribution in [2.75, 3.05) is 0 Å². The lowest BCUT2D eigenvalue weighted by Gasteiger charge is -2.41. The van der Waals surface area contributed by atoms with Gasteiger partial charge >= 0.3 is 6.09 Å². The maximum absolute atomic E-state index is 15.0. The van der Waals surface area contributed by atoms with Crippen molar-refractivity contribution in [2.45, 2.75) is 83.7 Å². The molecule has 18 heteroatoms. The Morgan fingerprint density at radius 1 is 1.06 bits per heavy atom. The molecular weight excluding hydrogens is 708 g/mol. The summed E-state index contributed by atoms with van der Waals surface area (Å²) < 4.78 is 6.76. The minimum absolute atomic E-state index is 0.0128. The van der Waals surface area contributed by atoms with Crippen LogP contribution in [0.25, 0.3) is 5.69 Å². The Bertz CT molecular complexity index is 1910. The predicted octanol–water partition coefficient (Wildman–Crippen LogP) is 4.65. The van der Waals surface area contributed by atoms with Crippen LogP contribution in [0.2, 0.25) is 0 Å². The number of aliphatic hydroxyl groups excluding tert-OH is 1. The highest BCUT2D eigenvalue weighted by molar-refractivity contribution is 7.09. The molecule has 0 radical (unpaired) electrons. The molecule has 4 N–H and O–H groups in total. The largest absolute Gasteiger partial charge is 0.444 e. The van der Waals surface area contributed by atoms with Crippen molar-refractivity contribution < 1.29 is 34.1 Å². The first kappa shape index (κ1) is 40.0. The summed E-state index contributed by atoms with van der Waals surface area (Å²) >= 11 is 1.16. The van der Waals surface area contributed by atoms with E-state index in [1.54, 1.807) is 56.5 Å². The van der Waals surface area contributed by atoms with Gasteiger partial charge in [0.1, 0.15) is 34.5 Å². The molecule has 4 aromatic rings. The molecule has 4 rings (SSSR count). The summed E-state index contributed by atoms with van der Waals surface area (Å²) in [5.41, 5.74) is 4.91. The normalized spacial score (nSPS) is 13.8. The van der Waals surface area contributed by atoms with Gasteiger partial charge in [0.25, 0.3) is 11.4 Å². The molecule has 0 fully saturated rings. The fourth-order valence-corrected chi connectivity index (χ4v) is 6.45. The van der Waals surface area contributed by atoms with E-state index in [2.05, 4.69) is 15.3 Å². The fourth-order valence-electron chi connectivity index (χ4n) is 5.78. The number of non-ortho nitro benzene ring substituents is 1. The number of hydrogen-bond donors (Lipinski definition) is 3. The molecule has 0 saturated carbocycles. The maximum Gasteiger partial charge on any atom is 0.408 e. The number of nitrogens with one attached hydrogen (secondary N) is 1. The van der Waals surface area contributed by atoms with Gasteiger partial charge in [-0.3, -0.25) is 34.4 Å². The lowest BCUT2D eigenvalue weighted by Crippen LogP contribution is -2.61. The lowest BCUT2D eigenvalue weighted by molar-refractivity contribution is -0.394. The number of alkyl carbamates (subject to hydrolysis) is 1. The maximum atomic E-state index is 15.0. The standard InChI is InChI=1S/C35H42N8O9S/c1-21(2)15-28(30(44)32-37-13-14-53-32)41(33(46)25(16-22-9-7-6-8-10-22)39-34(47)52-35(3,4)5)29(31(36)45)17-23-19-40(20-38-23)26-12-11-24(42(48)49)18-27(26)43(50)51/h6-14,18-21,25,28-30,44H,15-17H2,1-5H3,(H2,36,45)(H,39,47)/t25-,28-,29-,30+/m0/s1. The lowest BCUT2D eigenvalue weighted by atomic mass is 9.93. The minimum Gasteiger partial charge on any atom is -0.444 e. The van der Waals surface area contributed by atoms with Crippen molar-refractivity contribution in [2.24, 2.45) is 11.7 Å². The van der Waals surface area contributed by atoms with Crippen LogP contribution >= 0.6 is 11.3 Å². The number of carbonyl (C=O) groups excluding carboxylic acids is 3. The predicted molar refractivity (Wildman–Crippen MR) is 194 cm³/mol. The first-order valence-electron chi connectivity index (χ1n) is 16.6. The summed E-state index contributed by atoms with van der Waals surface area (Å²) in [5, 5.41) is 39.5. The second-order valence-corrected chi connectivity index (χ2v) is 14.7. The Morgan fingerprint density at radius 3 is 2.32 bits per heavy atom. The molecule has 0 saturated heterocycles. The number of aliphatic hydroxyl groups is 1. The van der Waals surface area contributed by atoms with Gasteiger partial charge in [-0.25, -0.2) is 14.8 Å². The van der Waals surface area contributed by atoms with Gasteiger partial charge in [-0.2, -0.15) is 0 Å². The van der Waals surface area contributed by atoms with Gasteiger partial charge in [0, 0.05) is 36.7 Å². The van der Waals surface area contributed by atoms with Crippen LogP contribution in [0, 0.1) is 26.1 Å². The number of amides is 3. The number of imidazole rings is 1. The quantitative estimate of drug-likeness (QED) is 0.105. The Kier molecular flexibility index (Phi) is 13.0. The Balaban J connectivity index is 1.83. The monoisotopic (exact) mass is 750 g/mol. The van der Waals surface area contributed by atoms with Crippen molar-refractivity contribution in [3.8, 4) is 5.69 Å². The molecule has 282 valence electrons. The summed E-state index contributed by atoms with van der Waals surface area (Å²) in [7, 11) is 0. The average Bonchev–Trinajstić information content (AvgIpc) is 3.79. The van der Waals surface area contributed by atoms with E-state index < -0.39 is 69.0 Å². The van der Waals surface area contributed by atoms with Crippen LogP contribution < -0.4 is 11.1 Å². The molecule has 0 aliphatic rings. The number of primary amides is 1. The summed E-state index contributed by atoms with van der Waals surface area (Å²) in [6.45, 7) is 8.77. The van der Waals surface area contributed by atoms with Gasteiger partial charge in [0.05, 0.1) is 34.0 Å².